The van der Waals surface area contributed by atoms with Crippen molar-refractivity contribution in [3.8, 4) is 0 Å². The van der Waals surface area contributed by atoms with Gasteiger partial charge in [0, 0.05) is 10.7 Å². The van der Waals surface area contributed by atoms with Crippen molar-refractivity contribution in [2.45, 2.75) is 32.4 Å². The summed E-state index contributed by atoms with van der Waals surface area (Å²) in [7, 11) is 1.55. The van der Waals surface area contributed by atoms with Crippen LogP contribution in [0.5, 0.6) is 0 Å². The number of halogens is 1. The van der Waals surface area contributed by atoms with Crippen molar-refractivity contribution in [1.82, 2.24) is 16.2 Å². The second-order valence-corrected chi connectivity index (χ2v) is 6.82. The van der Waals surface area contributed by atoms with Gasteiger partial charge >= 0.3 is 0 Å². The van der Waals surface area contributed by atoms with Gasteiger partial charge in [-0.25, -0.2) is 19.3 Å². The summed E-state index contributed by atoms with van der Waals surface area (Å²) in [4.78, 5) is 0. The van der Waals surface area contributed by atoms with Crippen molar-refractivity contribution in [1.29, 1.82) is 0 Å². The van der Waals surface area contributed by atoms with Crippen LogP contribution in [0.3, 0.4) is 0 Å². The maximum absolute atomic E-state index is 10.9. The van der Waals surface area contributed by atoms with Gasteiger partial charge in [0.25, 0.3) is 9.05 Å². The summed E-state index contributed by atoms with van der Waals surface area (Å²) in [5.74, 6) is 0. The summed E-state index contributed by atoms with van der Waals surface area (Å²) in [5.41, 5.74) is 4.40. The van der Waals surface area contributed by atoms with E-state index in [2.05, 4.69) is 16.2 Å². The fourth-order valence-corrected chi connectivity index (χ4v) is 1.81. The molecule has 0 aromatic carbocycles. The van der Waals surface area contributed by atoms with Gasteiger partial charge in [-0.3, -0.25) is 5.32 Å². The van der Waals surface area contributed by atoms with Crippen LogP contribution in [0.15, 0.2) is 0 Å². The van der Waals surface area contributed by atoms with Crippen LogP contribution in [0.2, 0.25) is 0 Å². The van der Waals surface area contributed by atoms with Gasteiger partial charge in [-0.2, -0.15) is 0 Å². The maximum atomic E-state index is 10.9. The van der Waals surface area contributed by atoms with Crippen LogP contribution < -0.4 is 16.2 Å². The van der Waals surface area contributed by atoms with E-state index in [9.17, 15) is 8.42 Å². The van der Waals surface area contributed by atoms with E-state index in [1.54, 1.807) is 0 Å². The van der Waals surface area contributed by atoms with E-state index in [1.165, 1.54) is 0 Å². The predicted octanol–water partition coefficient (Wildman–Crippen LogP) is -0.0918. The molecule has 0 amide bonds. The van der Waals surface area contributed by atoms with Gasteiger partial charge in [-0.05, 0) is 5.41 Å². The second kappa shape index (κ2) is 3.36. The topological polar surface area (TPSA) is 70.2 Å². The number of hydrogen-bond acceptors (Lipinski definition) is 5. The van der Waals surface area contributed by atoms with E-state index in [4.69, 9.17) is 10.7 Å². The summed E-state index contributed by atoms with van der Waals surface area (Å²) in [6.45, 7) is 5.97. The molecule has 1 fully saturated rings. The minimum Gasteiger partial charge on any atom is -0.270 e. The number of nitrogens with one attached hydrogen (secondary N) is 3. The first kappa shape index (κ1) is 11.2. The van der Waals surface area contributed by atoms with Gasteiger partial charge in [-0.1, -0.05) is 20.8 Å². The molecule has 0 aliphatic carbocycles. The van der Waals surface area contributed by atoms with Gasteiger partial charge in [0.15, 0.2) is 5.50 Å². The van der Waals surface area contributed by atoms with E-state index in [1.807, 2.05) is 20.8 Å². The van der Waals surface area contributed by atoms with Gasteiger partial charge in [0.2, 0.25) is 0 Å². The third-order valence-electron chi connectivity index (χ3n) is 1.82. The molecule has 0 bridgehead atoms. The number of hydrazine groups is 1. The molecular weight excluding hydrogens is 214 g/mol. The molecule has 5 nitrogen and oxygen atoms in total. The molecule has 1 aliphatic rings. The zero-order chi connectivity index (χ0) is 10.3. The molecule has 2 unspecified atom stereocenters. The second-order valence-electron chi connectivity index (χ2n) is 4.11. The average Bonchev–Trinajstić information content (AvgIpc) is 2.28. The van der Waals surface area contributed by atoms with Crippen molar-refractivity contribution in [2.24, 2.45) is 5.41 Å². The SMILES string of the molecule is CC(C)(C)C1NNC(S(=O)(=O)Cl)N1. The lowest BCUT2D eigenvalue weighted by atomic mass is 9.93. The van der Waals surface area contributed by atoms with Crippen molar-refractivity contribution < 1.29 is 8.42 Å². The highest BCUT2D eigenvalue weighted by molar-refractivity contribution is 8.14. The Morgan fingerprint density at radius 3 is 2.00 bits per heavy atom. The zero-order valence-electron chi connectivity index (χ0n) is 7.76. The first-order chi connectivity index (χ1) is 5.71. The third-order valence-corrected chi connectivity index (χ3v) is 3.18. The summed E-state index contributed by atoms with van der Waals surface area (Å²) in [6, 6.07) is 0. The van der Waals surface area contributed by atoms with Crippen LogP contribution in [-0.4, -0.2) is 20.1 Å². The van der Waals surface area contributed by atoms with E-state index in [0.717, 1.165) is 0 Å². The van der Waals surface area contributed by atoms with Crippen LogP contribution in [0.4, 0.5) is 0 Å². The highest BCUT2D eigenvalue weighted by Gasteiger charge is 2.37. The Bertz CT molecular complexity index is 285. The molecule has 7 heteroatoms. The van der Waals surface area contributed by atoms with Crippen LogP contribution in [-0.2, 0) is 9.05 Å². The molecule has 13 heavy (non-hydrogen) atoms. The van der Waals surface area contributed by atoms with Crippen molar-refractivity contribution in [3.63, 3.8) is 0 Å². The Morgan fingerprint density at radius 2 is 1.77 bits per heavy atom. The van der Waals surface area contributed by atoms with Crippen molar-refractivity contribution in [3.05, 3.63) is 0 Å². The van der Waals surface area contributed by atoms with Gasteiger partial charge in [0.1, 0.15) is 0 Å². The Hall–Kier alpha value is 0.120. The van der Waals surface area contributed by atoms with Gasteiger partial charge in [-0.15, -0.1) is 0 Å². The molecule has 1 saturated heterocycles. The number of rotatable bonds is 1. The normalized spacial score (nSPS) is 30.8. The lowest BCUT2D eigenvalue weighted by Crippen LogP contribution is -2.45. The molecule has 1 rings (SSSR count). The van der Waals surface area contributed by atoms with E-state index in [-0.39, 0.29) is 11.6 Å². The first-order valence-electron chi connectivity index (χ1n) is 3.92. The van der Waals surface area contributed by atoms with Crippen molar-refractivity contribution >= 4 is 19.7 Å². The summed E-state index contributed by atoms with van der Waals surface area (Å²) < 4.78 is 21.8. The third kappa shape index (κ3) is 2.78. The Kier molecular flexibility index (Phi) is 2.89. The molecule has 78 valence electrons. The molecule has 0 aromatic rings. The number of hydrogen-bond donors (Lipinski definition) is 3. The lowest BCUT2D eigenvalue weighted by molar-refractivity contribution is 0.264. The summed E-state index contributed by atoms with van der Waals surface area (Å²) in [5, 5.41) is 2.83. The standard InChI is InChI=1S/C6H14ClN3O2S/c1-6(2,3)4-8-5(10-9-4)13(7,11)12/h4-5,8-10H,1-3H3. The summed E-state index contributed by atoms with van der Waals surface area (Å²) in [6.07, 6.45) is -0.119. The zero-order valence-corrected chi connectivity index (χ0v) is 9.33. The van der Waals surface area contributed by atoms with Crippen LogP contribution in [0.25, 0.3) is 0 Å². The molecule has 0 saturated carbocycles. The van der Waals surface area contributed by atoms with Crippen molar-refractivity contribution in [2.75, 3.05) is 0 Å². The van der Waals surface area contributed by atoms with Crippen LogP contribution in [0.1, 0.15) is 20.8 Å². The van der Waals surface area contributed by atoms with Crippen LogP contribution in [0, 0.1) is 5.41 Å². The fraction of sp³-hybridized carbons (Fsp3) is 1.00. The molecular formula is C6H14ClN3O2S. The highest BCUT2D eigenvalue weighted by Crippen LogP contribution is 2.20. The monoisotopic (exact) mass is 227 g/mol. The molecule has 0 spiro atoms. The fourth-order valence-electron chi connectivity index (χ4n) is 1.01. The van der Waals surface area contributed by atoms with E-state index >= 15 is 0 Å². The molecule has 0 aromatic heterocycles. The Balaban J connectivity index is 2.66. The Morgan fingerprint density at radius 1 is 1.23 bits per heavy atom. The quantitative estimate of drug-likeness (QED) is 0.547. The average molecular weight is 228 g/mol. The lowest BCUT2D eigenvalue weighted by Gasteiger charge is -2.26. The maximum Gasteiger partial charge on any atom is 0.263 e. The van der Waals surface area contributed by atoms with Gasteiger partial charge in [0.05, 0.1) is 6.17 Å². The minimum absolute atomic E-state index is 0.0800. The molecule has 3 N–H and O–H groups in total. The smallest absolute Gasteiger partial charge is 0.263 e. The van der Waals surface area contributed by atoms with Gasteiger partial charge < -0.3 is 0 Å². The largest absolute Gasteiger partial charge is 0.270 e. The predicted molar refractivity (Wildman–Crippen MR) is 51.2 cm³/mol. The Labute approximate surface area is 82.6 Å². The summed E-state index contributed by atoms with van der Waals surface area (Å²) >= 11 is 0. The first-order valence-corrected chi connectivity index (χ1v) is 6.29. The molecule has 2 atom stereocenters. The van der Waals surface area contributed by atoms with E-state index < -0.39 is 14.5 Å². The highest BCUT2D eigenvalue weighted by atomic mass is 35.7. The molecule has 1 heterocycles. The molecule has 1 aliphatic heterocycles. The minimum atomic E-state index is -3.61. The van der Waals surface area contributed by atoms with Crippen LogP contribution >= 0.6 is 10.7 Å². The van der Waals surface area contributed by atoms with E-state index in [0.29, 0.717) is 0 Å². The molecule has 0 radical (unpaired) electrons.